The molecule has 0 atom stereocenters. The standard InChI is InChI=1S/C13H16O3/c14-11-8-13(9-11,12(15)16)7-6-10-4-2-1-3-5-10/h1-5,11,14H,6-9H2,(H,15,16). The zero-order valence-electron chi connectivity index (χ0n) is 9.10. The van der Waals surface area contributed by atoms with Crippen LogP contribution in [0.15, 0.2) is 30.3 Å². The van der Waals surface area contributed by atoms with Gasteiger partial charge in [-0.25, -0.2) is 0 Å². The Hall–Kier alpha value is -1.35. The van der Waals surface area contributed by atoms with E-state index in [2.05, 4.69) is 0 Å². The molecule has 0 saturated heterocycles. The van der Waals surface area contributed by atoms with E-state index in [0.717, 1.165) is 12.0 Å². The van der Waals surface area contributed by atoms with Crippen LogP contribution in [0.25, 0.3) is 0 Å². The van der Waals surface area contributed by atoms with E-state index in [1.54, 1.807) is 0 Å². The first-order chi connectivity index (χ1) is 7.62. The van der Waals surface area contributed by atoms with Gasteiger partial charge in [0.2, 0.25) is 0 Å². The van der Waals surface area contributed by atoms with Crippen molar-refractivity contribution in [2.75, 3.05) is 0 Å². The number of carboxylic acids is 1. The van der Waals surface area contributed by atoms with Crippen LogP contribution in [0.1, 0.15) is 24.8 Å². The second-order valence-corrected chi connectivity index (χ2v) is 4.63. The number of benzene rings is 1. The second kappa shape index (κ2) is 4.26. The minimum Gasteiger partial charge on any atom is -0.481 e. The number of aliphatic carboxylic acids is 1. The Balaban J connectivity index is 1.96. The molecule has 0 bridgehead atoms. The number of aliphatic hydroxyl groups excluding tert-OH is 1. The fraction of sp³-hybridized carbons (Fsp3) is 0.462. The van der Waals surface area contributed by atoms with Gasteiger partial charge in [-0.05, 0) is 31.2 Å². The van der Waals surface area contributed by atoms with Gasteiger partial charge in [-0.3, -0.25) is 4.79 Å². The molecule has 1 aliphatic rings. The highest BCUT2D eigenvalue weighted by Gasteiger charge is 2.49. The summed E-state index contributed by atoms with van der Waals surface area (Å²) in [4.78, 5) is 11.2. The van der Waals surface area contributed by atoms with Crippen molar-refractivity contribution in [3.63, 3.8) is 0 Å². The van der Waals surface area contributed by atoms with Crippen LogP contribution in [0.4, 0.5) is 0 Å². The number of aliphatic hydroxyl groups is 1. The predicted molar refractivity (Wildman–Crippen MR) is 60.1 cm³/mol. The molecule has 0 amide bonds. The fourth-order valence-corrected chi connectivity index (χ4v) is 2.36. The van der Waals surface area contributed by atoms with Crippen molar-refractivity contribution in [2.24, 2.45) is 5.41 Å². The topological polar surface area (TPSA) is 57.5 Å². The monoisotopic (exact) mass is 220 g/mol. The molecule has 2 rings (SSSR count). The molecule has 2 N–H and O–H groups in total. The summed E-state index contributed by atoms with van der Waals surface area (Å²) < 4.78 is 0. The predicted octanol–water partition coefficient (Wildman–Crippen LogP) is 1.84. The smallest absolute Gasteiger partial charge is 0.309 e. The van der Waals surface area contributed by atoms with Gasteiger partial charge in [-0.1, -0.05) is 30.3 Å². The Labute approximate surface area is 94.7 Å². The summed E-state index contributed by atoms with van der Waals surface area (Å²) in [5.41, 5.74) is 0.472. The summed E-state index contributed by atoms with van der Waals surface area (Å²) in [6.45, 7) is 0. The summed E-state index contributed by atoms with van der Waals surface area (Å²) in [5.74, 6) is -0.770. The van der Waals surface area contributed by atoms with E-state index in [0.29, 0.717) is 19.3 Å². The van der Waals surface area contributed by atoms with E-state index >= 15 is 0 Å². The van der Waals surface area contributed by atoms with Gasteiger partial charge in [0.1, 0.15) is 0 Å². The fourth-order valence-electron chi connectivity index (χ4n) is 2.36. The maximum atomic E-state index is 11.2. The van der Waals surface area contributed by atoms with E-state index in [1.807, 2.05) is 30.3 Å². The van der Waals surface area contributed by atoms with Crippen molar-refractivity contribution in [1.29, 1.82) is 0 Å². The molecule has 3 heteroatoms. The van der Waals surface area contributed by atoms with Gasteiger partial charge in [0.15, 0.2) is 0 Å². The first kappa shape index (κ1) is 11.1. The summed E-state index contributed by atoms with van der Waals surface area (Å²) >= 11 is 0. The largest absolute Gasteiger partial charge is 0.481 e. The third kappa shape index (κ3) is 2.09. The molecule has 0 heterocycles. The lowest BCUT2D eigenvalue weighted by Gasteiger charge is -2.41. The molecule has 0 radical (unpaired) electrons. The second-order valence-electron chi connectivity index (χ2n) is 4.63. The first-order valence-electron chi connectivity index (χ1n) is 5.58. The Morgan fingerprint density at radius 2 is 1.94 bits per heavy atom. The Morgan fingerprint density at radius 3 is 2.44 bits per heavy atom. The van der Waals surface area contributed by atoms with Gasteiger partial charge in [-0.15, -0.1) is 0 Å². The SMILES string of the molecule is O=C(O)C1(CCc2ccccc2)CC(O)C1. The van der Waals surface area contributed by atoms with Gasteiger partial charge < -0.3 is 10.2 Å². The Kier molecular flexibility index (Phi) is 2.97. The summed E-state index contributed by atoms with van der Waals surface area (Å²) in [6.07, 6.45) is 1.75. The quantitative estimate of drug-likeness (QED) is 0.814. The third-order valence-corrected chi connectivity index (χ3v) is 3.44. The molecule has 1 saturated carbocycles. The summed E-state index contributed by atoms with van der Waals surface area (Å²) in [6, 6.07) is 9.87. The molecule has 0 spiro atoms. The number of rotatable bonds is 4. The lowest BCUT2D eigenvalue weighted by atomic mass is 9.64. The van der Waals surface area contributed by atoms with Crippen molar-refractivity contribution < 1.29 is 15.0 Å². The van der Waals surface area contributed by atoms with Crippen LogP contribution in [-0.4, -0.2) is 22.3 Å². The zero-order valence-corrected chi connectivity index (χ0v) is 9.10. The van der Waals surface area contributed by atoms with E-state index in [4.69, 9.17) is 5.11 Å². The van der Waals surface area contributed by atoms with Crippen LogP contribution in [0, 0.1) is 5.41 Å². The first-order valence-corrected chi connectivity index (χ1v) is 5.58. The van der Waals surface area contributed by atoms with Gasteiger partial charge in [-0.2, -0.15) is 0 Å². The van der Waals surface area contributed by atoms with Crippen LogP contribution < -0.4 is 0 Å². The summed E-state index contributed by atoms with van der Waals surface area (Å²) in [7, 11) is 0. The van der Waals surface area contributed by atoms with Crippen LogP contribution in [-0.2, 0) is 11.2 Å². The molecular formula is C13H16O3. The minimum atomic E-state index is -0.770. The van der Waals surface area contributed by atoms with Crippen LogP contribution in [0.5, 0.6) is 0 Å². The van der Waals surface area contributed by atoms with Crippen molar-refractivity contribution in [3.05, 3.63) is 35.9 Å². The third-order valence-electron chi connectivity index (χ3n) is 3.44. The molecule has 1 fully saturated rings. The Bertz CT molecular complexity index is 366. The number of carbonyl (C=O) groups is 1. The molecule has 16 heavy (non-hydrogen) atoms. The van der Waals surface area contributed by atoms with E-state index in [9.17, 15) is 9.90 Å². The lowest BCUT2D eigenvalue weighted by molar-refractivity contribution is -0.163. The van der Waals surface area contributed by atoms with Crippen molar-refractivity contribution in [3.8, 4) is 0 Å². The molecule has 1 aromatic carbocycles. The summed E-state index contributed by atoms with van der Waals surface area (Å²) in [5, 5.41) is 18.4. The molecular weight excluding hydrogens is 204 g/mol. The molecule has 86 valence electrons. The van der Waals surface area contributed by atoms with E-state index in [1.165, 1.54) is 0 Å². The van der Waals surface area contributed by atoms with Crippen LogP contribution >= 0.6 is 0 Å². The number of hydrogen-bond acceptors (Lipinski definition) is 2. The average molecular weight is 220 g/mol. The molecule has 3 nitrogen and oxygen atoms in total. The average Bonchev–Trinajstić information content (AvgIpc) is 2.23. The van der Waals surface area contributed by atoms with Gasteiger partial charge in [0.25, 0.3) is 0 Å². The highest BCUT2D eigenvalue weighted by atomic mass is 16.4. The number of hydrogen-bond donors (Lipinski definition) is 2. The zero-order chi connectivity index (χ0) is 11.6. The van der Waals surface area contributed by atoms with Gasteiger partial charge in [0.05, 0.1) is 11.5 Å². The van der Waals surface area contributed by atoms with Gasteiger partial charge in [0, 0.05) is 0 Å². The highest BCUT2D eigenvalue weighted by Crippen LogP contribution is 2.45. The molecule has 0 aromatic heterocycles. The highest BCUT2D eigenvalue weighted by molar-refractivity contribution is 5.76. The normalized spacial score (nSPS) is 28.4. The van der Waals surface area contributed by atoms with Crippen LogP contribution in [0.3, 0.4) is 0 Å². The van der Waals surface area contributed by atoms with Crippen LogP contribution in [0.2, 0.25) is 0 Å². The minimum absolute atomic E-state index is 0.398. The van der Waals surface area contributed by atoms with Crippen molar-refractivity contribution >= 4 is 5.97 Å². The maximum absolute atomic E-state index is 11.2. The number of carboxylic acid groups (broad SMARTS) is 1. The maximum Gasteiger partial charge on any atom is 0.309 e. The molecule has 0 unspecified atom stereocenters. The van der Waals surface area contributed by atoms with E-state index in [-0.39, 0.29) is 0 Å². The molecule has 1 aliphatic carbocycles. The number of aryl methyl sites for hydroxylation is 1. The van der Waals surface area contributed by atoms with Gasteiger partial charge >= 0.3 is 5.97 Å². The lowest BCUT2D eigenvalue weighted by Crippen LogP contribution is -2.47. The van der Waals surface area contributed by atoms with E-state index < -0.39 is 17.5 Å². The Morgan fingerprint density at radius 1 is 1.31 bits per heavy atom. The van der Waals surface area contributed by atoms with Crippen molar-refractivity contribution in [2.45, 2.75) is 31.8 Å². The van der Waals surface area contributed by atoms with Crippen molar-refractivity contribution in [1.82, 2.24) is 0 Å². The molecule has 0 aliphatic heterocycles. The molecule has 1 aromatic rings.